The molecule has 98 valence electrons. The summed E-state index contributed by atoms with van der Waals surface area (Å²) in [5.74, 6) is -0.921. The number of carboxylic acids is 1. The molecule has 0 saturated carbocycles. The van der Waals surface area contributed by atoms with Gasteiger partial charge in [0.15, 0.2) is 0 Å². The summed E-state index contributed by atoms with van der Waals surface area (Å²) in [6, 6.07) is 5.42. The van der Waals surface area contributed by atoms with E-state index in [-0.39, 0.29) is 0 Å². The van der Waals surface area contributed by atoms with Crippen molar-refractivity contribution in [2.24, 2.45) is 0 Å². The molecule has 0 saturated heterocycles. The van der Waals surface area contributed by atoms with Crippen LogP contribution in [-0.2, 0) is 11.2 Å². The third-order valence-electron chi connectivity index (χ3n) is 2.36. The number of carboxylic acid groups (broad SMARTS) is 1. The Kier molecular flexibility index (Phi) is 6.19. The van der Waals surface area contributed by atoms with E-state index in [1.165, 1.54) is 6.08 Å². The van der Waals surface area contributed by atoms with Gasteiger partial charge in [0.2, 0.25) is 0 Å². The highest BCUT2D eigenvalue weighted by atomic mass is 35.5. The Balaban J connectivity index is 2.36. The van der Waals surface area contributed by atoms with Gasteiger partial charge in [0.25, 0.3) is 0 Å². The lowest BCUT2D eigenvalue weighted by Gasteiger charge is -2.06. The number of hydrogen-bond acceptors (Lipinski definition) is 2. The maximum Gasteiger partial charge on any atom is 0.328 e. The SMILES string of the molecule is C/C(=C/C(=O)O)CNCCc1ccc(Cl)cc1Cl. The molecular weight excluding hydrogens is 273 g/mol. The molecule has 0 heterocycles. The van der Waals surface area contributed by atoms with Crippen LogP contribution in [-0.4, -0.2) is 24.2 Å². The topological polar surface area (TPSA) is 49.3 Å². The Morgan fingerprint density at radius 3 is 2.78 bits per heavy atom. The maximum atomic E-state index is 10.4. The lowest BCUT2D eigenvalue weighted by Crippen LogP contribution is -2.19. The first-order valence-corrected chi connectivity index (χ1v) is 6.29. The van der Waals surface area contributed by atoms with E-state index in [9.17, 15) is 4.79 Å². The molecule has 5 heteroatoms. The summed E-state index contributed by atoms with van der Waals surface area (Å²) in [4.78, 5) is 10.4. The Morgan fingerprint density at radius 2 is 2.17 bits per heavy atom. The number of hydrogen-bond donors (Lipinski definition) is 2. The largest absolute Gasteiger partial charge is 0.478 e. The zero-order valence-electron chi connectivity index (χ0n) is 10.0. The van der Waals surface area contributed by atoms with Crippen molar-refractivity contribution in [3.8, 4) is 0 Å². The summed E-state index contributed by atoms with van der Waals surface area (Å²) in [5.41, 5.74) is 1.80. The van der Waals surface area contributed by atoms with Gasteiger partial charge in [-0.3, -0.25) is 0 Å². The van der Waals surface area contributed by atoms with Gasteiger partial charge in [0, 0.05) is 22.7 Å². The zero-order chi connectivity index (χ0) is 13.5. The van der Waals surface area contributed by atoms with E-state index >= 15 is 0 Å². The van der Waals surface area contributed by atoms with Crippen molar-refractivity contribution in [1.82, 2.24) is 5.32 Å². The Labute approximate surface area is 116 Å². The van der Waals surface area contributed by atoms with Gasteiger partial charge in [-0.05, 0) is 37.6 Å². The predicted molar refractivity (Wildman–Crippen MR) is 74.4 cm³/mol. The molecule has 0 amide bonds. The molecule has 0 unspecified atom stereocenters. The second kappa shape index (κ2) is 7.41. The van der Waals surface area contributed by atoms with Gasteiger partial charge in [0.1, 0.15) is 0 Å². The van der Waals surface area contributed by atoms with Gasteiger partial charge in [-0.15, -0.1) is 0 Å². The van der Waals surface area contributed by atoms with E-state index in [1.807, 2.05) is 6.07 Å². The van der Waals surface area contributed by atoms with E-state index < -0.39 is 5.97 Å². The van der Waals surface area contributed by atoms with E-state index in [1.54, 1.807) is 19.1 Å². The highest BCUT2D eigenvalue weighted by Gasteiger charge is 2.01. The van der Waals surface area contributed by atoms with Gasteiger partial charge in [0.05, 0.1) is 0 Å². The Morgan fingerprint density at radius 1 is 1.44 bits per heavy atom. The third kappa shape index (κ3) is 5.54. The molecule has 0 aromatic heterocycles. The standard InChI is InChI=1S/C13H15Cl2NO2/c1-9(6-13(17)18)8-16-5-4-10-2-3-11(14)7-12(10)15/h2-3,6-7,16H,4-5,8H2,1H3,(H,17,18)/b9-6-. The minimum atomic E-state index is -0.921. The Hall–Kier alpha value is -1.03. The van der Waals surface area contributed by atoms with Crippen molar-refractivity contribution in [2.45, 2.75) is 13.3 Å². The minimum Gasteiger partial charge on any atom is -0.478 e. The zero-order valence-corrected chi connectivity index (χ0v) is 11.6. The maximum absolute atomic E-state index is 10.4. The fraction of sp³-hybridized carbons (Fsp3) is 0.308. The summed E-state index contributed by atoms with van der Waals surface area (Å²) >= 11 is 11.8. The molecule has 0 radical (unpaired) electrons. The number of aliphatic carboxylic acids is 1. The highest BCUT2D eigenvalue weighted by molar-refractivity contribution is 6.35. The van der Waals surface area contributed by atoms with Crippen LogP contribution in [0.3, 0.4) is 0 Å². The molecule has 0 fully saturated rings. The van der Waals surface area contributed by atoms with Gasteiger partial charge in [-0.1, -0.05) is 34.8 Å². The second-order valence-corrected chi connectivity index (χ2v) is 4.84. The average molecular weight is 288 g/mol. The summed E-state index contributed by atoms with van der Waals surface area (Å²) in [5, 5.41) is 13.0. The van der Waals surface area contributed by atoms with Crippen LogP contribution in [0.5, 0.6) is 0 Å². The van der Waals surface area contributed by atoms with E-state index in [4.69, 9.17) is 28.3 Å². The van der Waals surface area contributed by atoms with Crippen LogP contribution in [0.15, 0.2) is 29.8 Å². The molecule has 0 spiro atoms. The summed E-state index contributed by atoms with van der Waals surface area (Å²) in [6.45, 7) is 3.06. The monoisotopic (exact) mass is 287 g/mol. The minimum absolute atomic E-state index is 0.553. The third-order valence-corrected chi connectivity index (χ3v) is 2.95. The first-order chi connectivity index (χ1) is 8.49. The van der Waals surface area contributed by atoms with Crippen molar-refractivity contribution in [3.05, 3.63) is 45.5 Å². The molecular formula is C13H15Cl2NO2. The second-order valence-electron chi connectivity index (χ2n) is 3.99. The van der Waals surface area contributed by atoms with E-state index in [0.717, 1.165) is 24.1 Å². The van der Waals surface area contributed by atoms with E-state index in [2.05, 4.69) is 5.32 Å². The number of halogens is 2. The lowest BCUT2D eigenvalue weighted by molar-refractivity contribution is -0.131. The highest BCUT2D eigenvalue weighted by Crippen LogP contribution is 2.20. The van der Waals surface area contributed by atoms with Gasteiger partial charge >= 0.3 is 5.97 Å². The van der Waals surface area contributed by atoms with Crippen molar-refractivity contribution in [3.63, 3.8) is 0 Å². The van der Waals surface area contributed by atoms with Crippen molar-refractivity contribution in [2.75, 3.05) is 13.1 Å². The molecule has 1 rings (SSSR count). The smallest absolute Gasteiger partial charge is 0.328 e. The molecule has 0 bridgehead atoms. The number of nitrogens with one attached hydrogen (secondary N) is 1. The molecule has 2 N–H and O–H groups in total. The van der Waals surface area contributed by atoms with Crippen LogP contribution in [0, 0.1) is 0 Å². The van der Waals surface area contributed by atoms with Crippen molar-refractivity contribution in [1.29, 1.82) is 0 Å². The predicted octanol–water partition coefficient (Wildman–Crippen LogP) is 3.16. The lowest BCUT2D eigenvalue weighted by atomic mass is 10.1. The molecule has 0 atom stereocenters. The first-order valence-electron chi connectivity index (χ1n) is 5.54. The molecule has 0 aliphatic rings. The molecule has 1 aromatic rings. The number of benzene rings is 1. The van der Waals surface area contributed by atoms with Crippen LogP contribution >= 0.6 is 23.2 Å². The fourth-order valence-corrected chi connectivity index (χ4v) is 2.00. The number of rotatable bonds is 6. The van der Waals surface area contributed by atoms with Crippen LogP contribution in [0.1, 0.15) is 12.5 Å². The quantitative estimate of drug-likeness (QED) is 0.624. The average Bonchev–Trinajstić information content (AvgIpc) is 2.25. The van der Waals surface area contributed by atoms with Gasteiger partial charge in [-0.25, -0.2) is 4.79 Å². The van der Waals surface area contributed by atoms with Gasteiger partial charge in [-0.2, -0.15) is 0 Å². The number of carbonyl (C=O) groups is 1. The summed E-state index contributed by atoms with van der Waals surface area (Å²) < 4.78 is 0. The summed E-state index contributed by atoms with van der Waals surface area (Å²) in [7, 11) is 0. The fourth-order valence-electron chi connectivity index (χ4n) is 1.49. The molecule has 18 heavy (non-hydrogen) atoms. The molecule has 0 aliphatic carbocycles. The molecule has 1 aromatic carbocycles. The van der Waals surface area contributed by atoms with Crippen molar-refractivity contribution >= 4 is 29.2 Å². The van der Waals surface area contributed by atoms with Crippen LogP contribution in [0.25, 0.3) is 0 Å². The normalized spacial score (nSPS) is 11.6. The summed E-state index contributed by atoms with van der Waals surface area (Å²) in [6.07, 6.45) is 1.97. The first kappa shape index (κ1) is 15.0. The molecule has 0 aliphatic heterocycles. The van der Waals surface area contributed by atoms with E-state index in [0.29, 0.717) is 16.6 Å². The van der Waals surface area contributed by atoms with Gasteiger partial charge < -0.3 is 10.4 Å². The van der Waals surface area contributed by atoms with Crippen LogP contribution in [0.4, 0.5) is 0 Å². The Bertz CT molecular complexity index is 458. The van der Waals surface area contributed by atoms with Crippen molar-refractivity contribution < 1.29 is 9.90 Å². The molecule has 3 nitrogen and oxygen atoms in total. The van der Waals surface area contributed by atoms with Crippen LogP contribution in [0.2, 0.25) is 10.0 Å². The van der Waals surface area contributed by atoms with Crippen LogP contribution < -0.4 is 5.32 Å².